The Labute approximate surface area is 162 Å². The van der Waals surface area contributed by atoms with Gasteiger partial charge in [0.05, 0.1) is 23.1 Å². The predicted octanol–water partition coefficient (Wildman–Crippen LogP) is 3.50. The molecule has 0 aliphatic carbocycles. The van der Waals surface area contributed by atoms with Crippen molar-refractivity contribution < 1.29 is 14.7 Å². The summed E-state index contributed by atoms with van der Waals surface area (Å²) in [5.41, 5.74) is 2.93. The Kier molecular flexibility index (Phi) is 4.83. The number of nitrogens with one attached hydrogen (secondary N) is 2. The minimum absolute atomic E-state index is 0.148. The van der Waals surface area contributed by atoms with E-state index < -0.39 is 5.97 Å². The Morgan fingerprint density at radius 1 is 1.21 bits per heavy atom. The maximum Gasteiger partial charge on any atom is 0.335 e. The van der Waals surface area contributed by atoms with Gasteiger partial charge in [0.25, 0.3) is 5.91 Å². The lowest BCUT2D eigenvalue weighted by atomic mass is 10.1. The van der Waals surface area contributed by atoms with Crippen LogP contribution in [-0.4, -0.2) is 44.4 Å². The Morgan fingerprint density at radius 3 is 2.64 bits per heavy atom. The molecule has 1 atom stereocenters. The van der Waals surface area contributed by atoms with E-state index in [2.05, 4.69) is 27.1 Å². The zero-order valence-corrected chi connectivity index (χ0v) is 15.6. The van der Waals surface area contributed by atoms with Crippen LogP contribution in [0.5, 0.6) is 0 Å². The highest BCUT2D eigenvalue weighted by Gasteiger charge is 2.21. The number of aromatic amines is 1. The number of benzene rings is 2. The Morgan fingerprint density at radius 2 is 1.96 bits per heavy atom. The SMILES string of the molecule is CC1CCCN1Cc1nc2cc(NC(=O)c3ccc(C(=O)O)cc3)ccc2[nH]1. The molecule has 7 nitrogen and oxygen atoms in total. The maximum atomic E-state index is 12.4. The van der Waals surface area contributed by atoms with Gasteiger partial charge in [-0.3, -0.25) is 9.69 Å². The molecular weight excluding hydrogens is 356 g/mol. The average molecular weight is 378 g/mol. The first-order chi connectivity index (χ1) is 13.5. The molecule has 2 heterocycles. The predicted molar refractivity (Wildman–Crippen MR) is 107 cm³/mol. The van der Waals surface area contributed by atoms with E-state index in [0.29, 0.717) is 17.3 Å². The summed E-state index contributed by atoms with van der Waals surface area (Å²) in [6.45, 7) is 4.14. The van der Waals surface area contributed by atoms with E-state index >= 15 is 0 Å². The third kappa shape index (κ3) is 3.75. The van der Waals surface area contributed by atoms with Crippen LogP contribution in [0.1, 0.15) is 46.3 Å². The first kappa shape index (κ1) is 18.2. The van der Waals surface area contributed by atoms with Gasteiger partial charge in [-0.15, -0.1) is 0 Å². The normalized spacial score (nSPS) is 17.1. The lowest BCUT2D eigenvalue weighted by Crippen LogP contribution is -2.26. The number of hydrogen-bond donors (Lipinski definition) is 3. The summed E-state index contributed by atoms with van der Waals surface area (Å²) >= 11 is 0. The second-order valence-electron chi connectivity index (χ2n) is 7.21. The zero-order valence-electron chi connectivity index (χ0n) is 15.6. The largest absolute Gasteiger partial charge is 0.478 e. The molecule has 3 aromatic rings. The summed E-state index contributed by atoms with van der Waals surface area (Å²) in [6.07, 6.45) is 2.45. The van der Waals surface area contributed by atoms with Crippen LogP contribution in [0, 0.1) is 0 Å². The molecule has 4 rings (SSSR count). The Balaban J connectivity index is 1.48. The van der Waals surface area contributed by atoms with Crippen molar-refractivity contribution >= 4 is 28.6 Å². The fourth-order valence-corrected chi connectivity index (χ4v) is 3.60. The average Bonchev–Trinajstić information content (AvgIpc) is 3.27. The number of carbonyl (C=O) groups excluding carboxylic acids is 1. The smallest absolute Gasteiger partial charge is 0.335 e. The number of H-pyrrole nitrogens is 1. The number of carboxylic acid groups (broad SMARTS) is 1. The number of fused-ring (bicyclic) bond motifs is 1. The minimum Gasteiger partial charge on any atom is -0.478 e. The summed E-state index contributed by atoms with van der Waals surface area (Å²) < 4.78 is 0. The number of aromatic nitrogens is 2. The lowest BCUT2D eigenvalue weighted by molar-refractivity contribution is 0.0696. The lowest BCUT2D eigenvalue weighted by Gasteiger charge is -2.19. The Hall–Kier alpha value is -3.19. The highest BCUT2D eigenvalue weighted by atomic mass is 16.4. The second-order valence-corrected chi connectivity index (χ2v) is 7.21. The minimum atomic E-state index is -1.02. The monoisotopic (exact) mass is 378 g/mol. The summed E-state index contributed by atoms with van der Waals surface area (Å²) in [7, 11) is 0. The van der Waals surface area contributed by atoms with Crippen LogP contribution in [0.15, 0.2) is 42.5 Å². The molecule has 0 bridgehead atoms. The van der Waals surface area contributed by atoms with E-state index in [1.807, 2.05) is 18.2 Å². The number of aromatic carboxylic acids is 1. The number of carbonyl (C=O) groups is 2. The molecule has 7 heteroatoms. The van der Waals surface area contributed by atoms with E-state index in [1.165, 1.54) is 37.1 Å². The second kappa shape index (κ2) is 7.44. The van der Waals surface area contributed by atoms with E-state index in [9.17, 15) is 9.59 Å². The number of amides is 1. The topological polar surface area (TPSA) is 98.3 Å². The number of carboxylic acids is 1. The van der Waals surface area contributed by atoms with Gasteiger partial charge in [0.1, 0.15) is 5.82 Å². The molecular formula is C21H22N4O3. The van der Waals surface area contributed by atoms with Crippen LogP contribution in [0.4, 0.5) is 5.69 Å². The molecule has 1 unspecified atom stereocenters. The van der Waals surface area contributed by atoms with Crippen LogP contribution in [0.25, 0.3) is 11.0 Å². The molecule has 3 N–H and O–H groups in total. The van der Waals surface area contributed by atoms with Crippen molar-refractivity contribution in [1.29, 1.82) is 0 Å². The van der Waals surface area contributed by atoms with E-state index in [1.54, 1.807) is 0 Å². The van der Waals surface area contributed by atoms with Crippen molar-refractivity contribution in [3.63, 3.8) is 0 Å². The van der Waals surface area contributed by atoms with Gasteiger partial charge < -0.3 is 15.4 Å². The van der Waals surface area contributed by atoms with Crippen LogP contribution >= 0.6 is 0 Å². The number of hydrogen-bond acceptors (Lipinski definition) is 4. The van der Waals surface area contributed by atoms with E-state index in [4.69, 9.17) is 5.11 Å². The standard InChI is InChI=1S/C21H22N4O3/c1-13-3-2-10-25(13)12-19-23-17-9-8-16(11-18(17)24-19)22-20(26)14-4-6-15(7-5-14)21(27)28/h4-9,11,13H,2-3,10,12H2,1H3,(H,22,26)(H,23,24)(H,27,28). The van der Waals surface area contributed by atoms with Gasteiger partial charge >= 0.3 is 5.97 Å². The van der Waals surface area contributed by atoms with Gasteiger partial charge in [-0.25, -0.2) is 9.78 Å². The van der Waals surface area contributed by atoms with Crippen molar-refractivity contribution in [3.05, 3.63) is 59.4 Å². The van der Waals surface area contributed by atoms with Crippen LogP contribution < -0.4 is 5.32 Å². The molecule has 144 valence electrons. The zero-order chi connectivity index (χ0) is 19.7. The van der Waals surface area contributed by atoms with Gasteiger partial charge in [-0.05, 0) is 68.8 Å². The number of rotatable bonds is 5. The molecule has 2 aromatic carbocycles. The molecule has 28 heavy (non-hydrogen) atoms. The highest BCUT2D eigenvalue weighted by molar-refractivity contribution is 6.05. The third-order valence-electron chi connectivity index (χ3n) is 5.23. The van der Waals surface area contributed by atoms with Crippen LogP contribution in [0.2, 0.25) is 0 Å². The number of anilines is 1. The van der Waals surface area contributed by atoms with Crippen LogP contribution in [0.3, 0.4) is 0 Å². The number of imidazole rings is 1. The molecule has 1 amide bonds. The summed E-state index contributed by atoms with van der Waals surface area (Å²) in [6, 6.07) is 12.0. The molecule has 0 spiro atoms. The van der Waals surface area contributed by atoms with Gasteiger partial charge in [0, 0.05) is 17.3 Å². The van der Waals surface area contributed by atoms with E-state index in [-0.39, 0.29) is 11.5 Å². The first-order valence-corrected chi connectivity index (χ1v) is 9.37. The van der Waals surface area contributed by atoms with Crippen LogP contribution in [-0.2, 0) is 6.54 Å². The van der Waals surface area contributed by atoms with Crippen molar-refractivity contribution in [3.8, 4) is 0 Å². The fraction of sp³-hybridized carbons (Fsp3) is 0.286. The molecule has 1 aliphatic heterocycles. The van der Waals surface area contributed by atoms with Crippen molar-refractivity contribution in [2.24, 2.45) is 0 Å². The van der Waals surface area contributed by atoms with Gasteiger partial charge in [0.15, 0.2) is 0 Å². The highest BCUT2D eigenvalue weighted by Crippen LogP contribution is 2.22. The first-order valence-electron chi connectivity index (χ1n) is 9.37. The summed E-state index contributed by atoms with van der Waals surface area (Å²) in [5, 5.41) is 11.8. The van der Waals surface area contributed by atoms with Gasteiger partial charge in [-0.2, -0.15) is 0 Å². The maximum absolute atomic E-state index is 12.4. The summed E-state index contributed by atoms with van der Waals surface area (Å²) in [5.74, 6) is -0.385. The molecule has 0 saturated carbocycles. The Bertz CT molecular complexity index is 1030. The molecule has 1 fully saturated rings. The van der Waals surface area contributed by atoms with E-state index in [0.717, 1.165) is 29.9 Å². The van der Waals surface area contributed by atoms with Crippen molar-refractivity contribution in [1.82, 2.24) is 14.9 Å². The molecule has 0 radical (unpaired) electrons. The number of nitrogens with zero attached hydrogens (tertiary/aromatic N) is 2. The fourth-order valence-electron chi connectivity index (χ4n) is 3.60. The molecule has 1 aliphatic rings. The van der Waals surface area contributed by atoms with Gasteiger partial charge in [0.2, 0.25) is 0 Å². The van der Waals surface area contributed by atoms with Crippen molar-refractivity contribution in [2.45, 2.75) is 32.4 Å². The molecule has 1 saturated heterocycles. The third-order valence-corrected chi connectivity index (χ3v) is 5.23. The summed E-state index contributed by atoms with van der Waals surface area (Å²) in [4.78, 5) is 33.8. The van der Waals surface area contributed by atoms with Gasteiger partial charge in [-0.1, -0.05) is 0 Å². The number of likely N-dealkylation sites (tertiary alicyclic amines) is 1. The quantitative estimate of drug-likeness (QED) is 0.631. The molecule has 1 aromatic heterocycles. The van der Waals surface area contributed by atoms with Crippen molar-refractivity contribution in [2.75, 3.05) is 11.9 Å².